The molecule has 4 amide bonds. The Morgan fingerprint density at radius 2 is 1.96 bits per heavy atom. The second-order valence-corrected chi connectivity index (χ2v) is 6.29. The Labute approximate surface area is 149 Å². The van der Waals surface area contributed by atoms with E-state index in [0.29, 0.717) is 12.8 Å². The molecule has 0 N–H and O–H groups in total. The predicted molar refractivity (Wildman–Crippen MR) is 87.9 cm³/mol. The van der Waals surface area contributed by atoms with Crippen LogP contribution in [0.1, 0.15) is 53.3 Å². The van der Waals surface area contributed by atoms with Gasteiger partial charge in [-0.15, -0.1) is 0 Å². The van der Waals surface area contributed by atoms with Gasteiger partial charge in [-0.1, -0.05) is 13.3 Å². The first-order valence-electron chi connectivity index (χ1n) is 8.61. The van der Waals surface area contributed by atoms with E-state index in [4.69, 9.17) is 4.74 Å². The number of rotatable bonds is 4. The first-order chi connectivity index (χ1) is 12.5. The zero-order valence-corrected chi connectivity index (χ0v) is 14.4. The zero-order chi connectivity index (χ0) is 18.8. The summed E-state index contributed by atoms with van der Waals surface area (Å²) in [6.07, 6.45) is 1.46. The normalized spacial score (nSPS) is 19.8. The lowest BCUT2D eigenvalue weighted by Crippen LogP contribution is -2.55. The minimum Gasteiger partial charge on any atom is -0.449 e. The van der Waals surface area contributed by atoms with Gasteiger partial charge in [-0.05, 0) is 37.5 Å². The molecule has 0 saturated carbocycles. The minimum absolute atomic E-state index is 0.0619. The van der Waals surface area contributed by atoms with Gasteiger partial charge in [0.25, 0.3) is 17.7 Å². The van der Waals surface area contributed by atoms with Gasteiger partial charge in [-0.2, -0.15) is 0 Å². The summed E-state index contributed by atoms with van der Waals surface area (Å²) < 4.78 is 18.5. The van der Waals surface area contributed by atoms with Crippen LogP contribution >= 0.6 is 0 Å². The van der Waals surface area contributed by atoms with Crippen LogP contribution < -0.4 is 0 Å². The quantitative estimate of drug-likeness (QED) is 0.606. The highest BCUT2D eigenvalue weighted by atomic mass is 19.1. The number of unbranched alkanes of at least 4 members (excludes halogenated alkanes) is 1. The van der Waals surface area contributed by atoms with Crippen molar-refractivity contribution >= 4 is 23.8 Å². The molecule has 1 aromatic carbocycles. The van der Waals surface area contributed by atoms with E-state index in [-0.39, 0.29) is 30.7 Å². The molecule has 7 nitrogen and oxygen atoms in total. The van der Waals surface area contributed by atoms with E-state index in [0.717, 1.165) is 28.4 Å². The summed E-state index contributed by atoms with van der Waals surface area (Å²) in [5, 5.41) is 0. The smallest absolute Gasteiger partial charge is 0.416 e. The van der Waals surface area contributed by atoms with Crippen LogP contribution in [0.4, 0.5) is 9.18 Å². The molecule has 1 atom stereocenters. The number of piperidine rings is 1. The SMILES string of the molecule is CCCCOC(=O)N1CCCC(N2C(=O)c3ccc(F)cc3C2=O)C1=O. The van der Waals surface area contributed by atoms with Gasteiger partial charge in [-0.3, -0.25) is 19.3 Å². The highest BCUT2D eigenvalue weighted by Gasteiger charge is 2.46. The van der Waals surface area contributed by atoms with Crippen molar-refractivity contribution in [2.24, 2.45) is 0 Å². The second-order valence-electron chi connectivity index (χ2n) is 6.29. The van der Waals surface area contributed by atoms with Crippen molar-refractivity contribution in [2.45, 2.75) is 38.6 Å². The Morgan fingerprint density at radius 1 is 1.23 bits per heavy atom. The monoisotopic (exact) mass is 362 g/mol. The summed E-state index contributed by atoms with van der Waals surface area (Å²) in [5.74, 6) is -2.65. The van der Waals surface area contributed by atoms with Crippen LogP contribution in [0.25, 0.3) is 0 Å². The number of ether oxygens (including phenoxy) is 1. The van der Waals surface area contributed by atoms with Gasteiger partial charge in [0.1, 0.15) is 11.9 Å². The number of imide groups is 2. The summed E-state index contributed by atoms with van der Waals surface area (Å²) in [6, 6.07) is 2.22. The largest absolute Gasteiger partial charge is 0.449 e. The maximum absolute atomic E-state index is 13.4. The lowest BCUT2D eigenvalue weighted by molar-refractivity contribution is -0.136. The molecule has 2 heterocycles. The number of hydrogen-bond donors (Lipinski definition) is 0. The third-order valence-electron chi connectivity index (χ3n) is 4.55. The Balaban J connectivity index is 1.79. The maximum Gasteiger partial charge on any atom is 0.416 e. The van der Waals surface area contributed by atoms with Crippen molar-refractivity contribution in [2.75, 3.05) is 13.2 Å². The van der Waals surface area contributed by atoms with Gasteiger partial charge in [-0.25, -0.2) is 14.1 Å². The molecule has 138 valence electrons. The number of likely N-dealkylation sites (tertiary alicyclic amines) is 1. The number of carbonyl (C=O) groups excluding carboxylic acids is 4. The van der Waals surface area contributed by atoms with Crippen molar-refractivity contribution in [3.8, 4) is 0 Å². The standard InChI is InChI=1S/C18H19FN2O5/c1-2-3-9-26-18(25)20-8-4-5-14(17(20)24)21-15(22)12-7-6-11(19)10-13(12)16(21)23/h6-7,10,14H,2-5,8-9H2,1H3. The number of fused-ring (bicyclic) bond motifs is 1. The second kappa shape index (κ2) is 7.23. The van der Waals surface area contributed by atoms with Crippen molar-refractivity contribution < 1.29 is 28.3 Å². The van der Waals surface area contributed by atoms with Crippen LogP contribution in [0.3, 0.4) is 0 Å². The molecular weight excluding hydrogens is 343 g/mol. The van der Waals surface area contributed by atoms with Gasteiger partial charge in [0.2, 0.25) is 0 Å². The van der Waals surface area contributed by atoms with E-state index < -0.39 is 35.7 Å². The molecule has 3 rings (SSSR count). The molecule has 2 aliphatic rings. The Morgan fingerprint density at radius 3 is 2.69 bits per heavy atom. The van der Waals surface area contributed by atoms with Gasteiger partial charge >= 0.3 is 6.09 Å². The molecule has 26 heavy (non-hydrogen) atoms. The highest BCUT2D eigenvalue weighted by molar-refractivity contribution is 6.23. The number of amides is 4. The van der Waals surface area contributed by atoms with Crippen LogP contribution in [0.2, 0.25) is 0 Å². The molecule has 0 aromatic heterocycles. The Bertz CT molecular complexity index is 779. The molecule has 0 spiro atoms. The van der Waals surface area contributed by atoms with Gasteiger partial charge < -0.3 is 4.74 Å². The Hall–Kier alpha value is -2.77. The topological polar surface area (TPSA) is 84.0 Å². The fourth-order valence-corrected chi connectivity index (χ4v) is 3.17. The zero-order valence-electron chi connectivity index (χ0n) is 14.4. The predicted octanol–water partition coefficient (Wildman–Crippen LogP) is 2.35. The fraction of sp³-hybridized carbons (Fsp3) is 0.444. The van der Waals surface area contributed by atoms with E-state index in [2.05, 4.69) is 0 Å². The van der Waals surface area contributed by atoms with Gasteiger partial charge in [0.15, 0.2) is 0 Å². The summed E-state index contributed by atoms with van der Waals surface area (Å²) in [7, 11) is 0. The summed E-state index contributed by atoms with van der Waals surface area (Å²) in [4.78, 5) is 51.7. The molecule has 0 radical (unpaired) electrons. The third kappa shape index (κ3) is 3.07. The van der Waals surface area contributed by atoms with Crippen LogP contribution in [0, 0.1) is 5.82 Å². The molecule has 8 heteroatoms. The number of carbonyl (C=O) groups is 4. The Kier molecular flexibility index (Phi) is 5.01. The lowest BCUT2D eigenvalue weighted by Gasteiger charge is -2.34. The summed E-state index contributed by atoms with van der Waals surface area (Å²) >= 11 is 0. The maximum atomic E-state index is 13.4. The average molecular weight is 362 g/mol. The summed E-state index contributed by atoms with van der Waals surface area (Å²) in [5.41, 5.74) is -0.00251. The van der Waals surface area contributed by atoms with Crippen LogP contribution in [0.5, 0.6) is 0 Å². The van der Waals surface area contributed by atoms with E-state index in [1.165, 1.54) is 6.07 Å². The average Bonchev–Trinajstić information content (AvgIpc) is 2.86. The van der Waals surface area contributed by atoms with Crippen LogP contribution in [0.15, 0.2) is 18.2 Å². The minimum atomic E-state index is -1.09. The number of nitrogens with zero attached hydrogens (tertiary/aromatic N) is 2. The molecule has 1 saturated heterocycles. The molecule has 0 aliphatic carbocycles. The molecule has 2 aliphatic heterocycles. The van der Waals surface area contributed by atoms with Crippen LogP contribution in [-0.4, -0.2) is 52.8 Å². The van der Waals surface area contributed by atoms with E-state index >= 15 is 0 Å². The fourth-order valence-electron chi connectivity index (χ4n) is 3.17. The highest BCUT2D eigenvalue weighted by Crippen LogP contribution is 2.29. The van der Waals surface area contributed by atoms with E-state index in [9.17, 15) is 23.6 Å². The van der Waals surface area contributed by atoms with Gasteiger partial charge in [0.05, 0.1) is 17.7 Å². The first kappa shape index (κ1) is 18.0. The molecule has 1 fully saturated rings. The van der Waals surface area contributed by atoms with Crippen molar-refractivity contribution in [1.82, 2.24) is 9.80 Å². The van der Waals surface area contributed by atoms with E-state index in [1.54, 1.807) is 0 Å². The number of halogens is 1. The number of hydrogen-bond acceptors (Lipinski definition) is 5. The van der Waals surface area contributed by atoms with Crippen molar-refractivity contribution in [3.63, 3.8) is 0 Å². The molecule has 1 aromatic rings. The molecule has 1 unspecified atom stereocenters. The first-order valence-corrected chi connectivity index (χ1v) is 8.61. The lowest BCUT2D eigenvalue weighted by atomic mass is 10.0. The molecular formula is C18H19FN2O5. The van der Waals surface area contributed by atoms with E-state index in [1.807, 2.05) is 6.92 Å². The van der Waals surface area contributed by atoms with Crippen LogP contribution in [-0.2, 0) is 9.53 Å². The van der Waals surface area contributed by atoms with Crippen molar-refractivity contribution in [3.05, 3.63) is 35.1 Å². The van der Waals surface area contributed by atoms with Crippen molar-refractivity contribution in [1.29, 1.82) is 0 Å². The van der Waals surface area contributed by atoms with Gasteiger partial charge in [0, 0.05) is 6.54 Å². The number of benzene rings is 1. The summed E-state index contributed by atoms with van der Waals surface area (Å²) in [6.45, 7) is 2.33. The third-order valence-corrected chi connectivity index (χ3v) is 4.55. The molecule has 0 bridgehead atoms.